The van der Waals surface area contributed by atoms with Gasteiger partial charge in [0.25, 0.3) is 0 Å². The van der Waals surface area contributed by atoms with Crippen molar-refractivity contribution in [3.05, 3.63) is 24.2 Å². The molecule has 0 amide bonds. The third kappa shape index (κ3) is 5.37. The predicted molar refractivity (Wildman–Crippen MR) is 151 cm³/mol. The van der Waals surface area contributed by atoms with Gasteiger partial charge in [-0.1, -0.05) is 11.8 Å². The van der Waals surface area contributed by atoms with Crippen molar-refractivity contribution >= 4 is 23.4 Å². The Labute approximate surface area is 239 Å². The SMILES string of the molecule is COCCOC[C@H]1C[C@H]2COc3c(Sc4cnc(N5CCC6(CC5)CO[C@@H](C)[C@H]6N)c(CO)n4)ccnc3N2C1. The molecule has 0 saturated carbocycles. The van der Waals surface area contributed by atoms with Crippen molar-refractivity contribution < 1.29 is 24.1 Å². The van der Waals surface area contributed by atoms with E-state index >= 15 is 0 Å². The Bertz CT molecular complexity index is 1180. The topological polar surface area (TPSA) is 128 Å². The Morgan fingerprint density at radius 2 is 2.08 bits per heavy atom. The van der Waals surface area contributed by atoms with E-state index in [1.165, 1.54) is 11.8 Å². The van der Waals surface area contributed by atoms with Gasteiger partial charge in [0.15, 0.2) is 17.4 Å². The number of aliphatic hydroxyl groups is 1. The standard InChI is InChI=1S/C28H40N6O5S/c1-18-25(29)28(17-39-18)4-7-33(8-5-28)26-21(14-35)32-23(12-31-26)40-22-3-6-30-27-24(22)38-16-20-11-19(13-34(20)27)15-37-10-9-36-2/h3,6,12,18-20,25,35H,4-5,7-11,13-17,29H2,1-2H3/t18-,19-,20-,25+/m0/s1. The molecule has 11 nitrogen and oxygen atoms in total. The van der Waals surface area contributed by atoms with Gasteiger partial charge >= 0.3 is 0 Å². The van der Waals surface area contributed by atoms with E-state index in [9.17, 15) is 5.11 Å². The first-order chi connectivity index (χ1) is 19.5. The summed E-state index contributed by atoms with van der Waals surface area (Å²) in [6.45, 7) is 7.69. The van der Waals surface area contributed by atoms with Crippen molar-refractivity contribution in [1.82, 2.24) is 15.0 Å². The largest absolute Gasteiger partial charge is 0.486 e. The van der Waals surface area contributed by atoms with Crippen LogP contribution in [0.1, 0.15) is 31.9 Å². The van der Waals surface area contributed by atoms with Crippen LogP contribution in [0.4, 0.5) is 11.6 Å². The average Bonchev–Trinajstić information content (AvgIpc) is 3.53. The number of fused-ring (bicyclic) bond motifs is 3. The lowest BCUT2D eigenvalue weighted by Gasteiger charge is -2.41. The molecular weight excluding hydrogens is 532 g/mol. The number of hydrogen-bond acceptors (Lipinski definition) is 12. The lowest BCUT2D eigenvalue weighted by molar-refractivity contribution is 0.0541. The molecule has 0 radical (unpaired) electrons. The van der Waals surface area contributed by atoms with Crippen LogP contribution in [-0.2, 0) is 20.8 Å². The van der Waals surface area contributed by atoms with Crippen LogP contribution in [0, 0.1) is 11.3 Å². The van der Waals surface area contributed by atoms with Gasteiger partial charge in [0.1, 0.15) is 17.3 Å². The quantitative estimate of drug-likeness (QED) is 0.427. The molecule has 0 bridgehead atoms. The van der Waals surface area contributed by atoms with Gasteiger partial charge < -0.3 is 39.6 Å². The second-order valence-corrected chi connectivity index (χ2v) is 12.4. The van der Waals surface area contributed by atoms with Gasteiger partial charge in [0.05, 0.1) is 56.3 Å². The Morgan fingerprint density at radius 1 is 1.23 bits per heavy atom. The molecule has 3 N–H and O–H groups in total. The van der Waals surface area contributed by atoms with Crippen molar-refractivity contribution in [2.45, 2.75) is 60.9 Å². The number of aromatic nitrogens is 3. The van der Waals surface area contributed by atoms with E-state index in [1.807, 2.05) is 12.3 Å². The summed E-state index contributed by atoms with van der Waals surface area (Å²) in [5, 5.41) is 10.9. The van der Waals surface area contributed by atoms with Gasteiger partial charge in [0, 0.05) is 50.3 Å². The lowest BCUT2D eigenvalue weighted by atomic mass is 9.73. The van der Waals surface area contributed by atoms with Crippen LogP contribution < -0.4 is 20.3 Å². The average molecular weight is 573 g/mol. The summed E-state index contributed by atoms with van der Waals surface area (Å²) in [6.07, 6.45) is 6.62. The maximum absolute atomic E-state index is 10.2. The van der Waals surface area contributed by atoms with Crippen LogP contribution in [-0.4, -0.2) is 98.0 Å². The van der Waals surface area contributed by atoms with Crippen LogP contribution in [0.15, 0.2) is 28.4 Å². The molecule has 3 fully saturated rings. The maximum Gasteiger partial charge on any atom is 0.175 e. The summed E-state index contributed by atoms with van der Waals surface area (Å²) < 4.78 is 23.0. The molecule has 6 rings (SSSR count). The van der Waals surface area contributed by atoms with Crippen LogP contribution in [0.25, 0.3) is 0 Å². The van der Waals surface area contributed by atoms with E-state index < -0.39 is 0 Å². The van der Waals surface area contributed by atoms with Crippen molar-refractivity contribution in [3.8, 4) is 5.75 Å². The van der Waals surface area contributed by atoms with E-state index in [0.29, 0.717) is 49.1 Å². The number of piperidine rings is 1. The highest BCUT2D eigenvalue weighted by molar-refractivity contribution is 7.99. The van der Waals surface area contributed by atoms with Crippen LogP contribution >= 0.6 is 11.8 Å². The van der Waals surface area contributed by atoms with Crippen molar-refractivity contribution in [2.24, 2.45) is 17.1 Å². The van der Waals surface area contributed by atoms with E-state index in [2.05, 4.69) is 21.7 Å². The molecule has 4 aliphatic rings. The van der Waals surface area contributed by atoms with E-state index in [0.717, 1.165) is 67.8 Å². The number of aliphatic hydroxyl groups excluding tert-OH is 1. The summed E-state index contributed by atoms with van der Waals surface area (Å²) in [5.41, 5.74) is 7.11. The Kier molecular flexibility index (Phi) is 8.34. The molecule has 2 aromatic heterocycles. The minimum absolute atomic E-state index is 0.0321. The first-order valence-corrected chi connectivity index (χ1v) is 15.0. The number of rotatable bonds is 9. The lowest BCUT2D eigenvalue weighted by Crippen LogP contribution is -2.51. The van der Waals surface area contributed by atoms with E-state index in [-0.39, 0.29) is 24.2 Å². The molecule has 0 aromatic carbocycles. The third-order valence-electron chi connectivity index (χ3n) is 8.90. The van der Waals surface area contributed by atoms with Crippen molar-refractivity contribution in [2.75, 3.05) is 69.6 Å². The molecule has 2 aromatic rings. The van der Waals surface area contributed by atoms with Gasteiger partial charge in [-0.25, -0.2) is 15.0 Å². The molecule has 0 aliphatic carbocycles. The minimum Gasteiger partial charge on any atom is -0.486 e. The Hall–Kier alpha value is -2.22. The molecule has 1 spiro atoms. The number of hydrogen-bond donors (Lipinski definition) is 2. The summed E-state index contributed by atoms with van der Waals surface area (Å²) in [7, 11) is 1.69. The van der Waals surface area contributed by atoms with Crippen LogP contribution in [0.2, 0.25) is 0 Å². The highest BCUT2D eigenvalue weighted by Crippen LogP contribution is 2.45. The van der Waals surface area contributed by atoms with Gasteiger partial charge in [-0.2, -0.15) is 0 Å². The second-order valence-electron chi connectivity index (χ2n) is 11.4. The second kappa shape index (κ2) is 11.9. The first-order valence-electron chi connectivity index (χ1n) is 14.2. The van der Waals surface area contributed by atoms with Crippen molar-refractivity contribution in [1.29, 1.82) is 0 Å². The van der Waals surface area contributed by atoms with Crippen LogP contribution in [0.5, 0.6) is 5.75 Å². The molecule has 40 heavy (non-hydrogen) atoms. The molecule has 4 atom stereocenters. The highest BCUT2D eigenvalue weighted by atomic mass is 32.2. The van der Waals surface area contributed by atoms with E-state index in [1.54, 1.807) is 13.3 Å². The highest BCUT2D eigenvalue weighted by Gasteiger charge is 2.48. The number of ether oxygens (including phenoxy) is 4. The van der Waals surface area contributed by atoms with Gasteiger partial charge in [-0.05, 0) is 32.3 Å². The number of nitrogens with two attached hydrogens (primary N) is 1. The summed E-state index contributed by atoms with van der Waals surface area (Å²) >= 11 is 1.49. The molecule has 218 valence electrons. The third-order valence-corrected chi connectivity index (χ3v) is 9.85. The fraction of sp³-hybridized carbons (Fsp3) is 0.679. The predicted octanol–water partition coefficient (Wildman–Crippen LogP) is 2.10. The first kappa shape index (κ1) is 27.9. The van der Waals surface area contributed by atoms with E-state index in [4.69, 9.17) is 34.6 Å². The number of methoxy groups -OCH3 is 1. The molecule has 3 saturated heterocycles. The zero-order valence-electron chi connectivity index (χ0n) is 23.3. The molecule has 12 heteroatoms. The zero-order valence-corrected chi connectivity index (χ0v) is 24.1. The monoisotopic (exact) mass is 572 g/mol. The van der Waals surface area contributed by atoms with Gasteiger partial charge in [0.2, 0.25) is 0 Å². The number of pyridine rings is 1. The minimum atomic E-state index is -0.174. The molecular formula is C28H40N6O5S. The Balaban J connectivity index is 1.13. The number of nitrogens with zero attached hydrogens (tertiary/aromatic N) is 5. The maximum atomic E-state index is 10.2. The normalized spacial score (nSPS) is 27.1. The molecule has 6 heterocycles. The smallest absolute Gasteiger partial charge is 0.175 e. The van der Waals surface area contributed by atoms with Crippen LogP contribution in [0.3, 0.4) is 0 Å². The summed E-state index contributed by atoms with van der Waals surface area (Å²) in [4.78, 5) is 19.8. The van der Waals surface area contributed by atoms with Crippen molar-refractivity contribution in [3.63, 3.8) is 0 Å². The fourth-order valence-electron chi connectivity index (χ4n) is 6.54. The van der Waals surface area contributed by atoms with Gasteiger partial charge in [-0.15, -0.1) is 0 Å². The zero-order chi connectivity index (χ0) is 27.7. The summed E-state index contributed by atoms with van der Waals surface area (Å²) in [6, 6.07) is 2.31. The molecule has 4 aliphatic heterocycles. The van der Waals surface area contributed by atoms with Gasteiger partial charge in [-0.3, -0.25) is 0 Å². The molecule has 0 unspecified atom stereocenters. The Morgan fingerprint density at radius 3 is 2.83 bits per heavy atom. The number of anilines is 2. The summed E-state index contributed by atoms with van der Waals surface area (Å²) in [5.74, 6) is 2.84. The fourth-order valence-corrected chi connectivity index (χ4v) is 7.39.